The van der Waals surface area contributed by atoms with Gasteiger partial charge in [0, 0.05) is 44.1 Å². The second-order valence-corrected chi connectivity index (χ2v) is 6.24. The van der Waals surface area contributed by atoms with Crippen LogP contribution in [0.1, 0.15) is 18.4 Å². The van der Waals surface area contributed by atoms with Crippen molar-refractivity contribution in [3.05, 3.63) is 53.2 Å². The van der Waals surface area contributed by atoms with Gasteiger partial charge in [0.1, 0.15) is 0 Å². The zero-order valence-electron chi connectivity index (χ0n) is 13.1. The number of amides is 1. The van der Waals surface area contributed by atoms with Gasteiger partial charge in [-0.25, -0.2) is 9.37 Å². The predicted octanol–water partition coefficient (Wildman–Crippen LogP) is 2.80. The third-order valence-corrected chi connectivity index (χ3v) is 4.35. The number of anilines is 1. The van der Waals surface area contributed by atoms with Gasteiger partial charge in [0.2, 0.25) is 5.91 Å². The standard InChI is InChI=1S/C17H18ClFN4O/c18-14-8-15(19)16(21-11-14)23-6-3-13(4-7-23)17(24)22-10-12-2-1-5-20-9-12/h1-2,5,8-9,11,13H,3-4,6-7,10H2,(H,22,24). The number of rotatable bonds is 4. The van der Waals surface area contributed by atoms with Crippen LogP contribution in [-0.4, -0.2) is 29.0 Å². The number of hydrogen-bond acceptors (Lipinski definition) is 4. The van der Waals surface area contributed by atoms with E-state index >= 15 is 0 Å². The van der Waals surface area contributed by atoms with Crippen LogP contribution < -0.4 is 10.2 Å². The molecule has 1 aliphatic heterocycles. The molecule has 0 bridgehead atoms. The first-order valence-electron chi connectivity index (χ1n) is 7.86. The molecule has 1 fully saturated rings. The summed E-state index contributed by atoms with van der Waals surface area (Å²) in [6, 6.07) is 5.02. The monoisotopic (exact) mass is 348 g/mol. The summed E-state index contributed by atoms with van der Waals surface area (Å²) < 4.78 is 13.9. The molecule has 24 heavy (non-hydrogen) atoms. The van der Waals surface area contributed by atoms with Gasteiger partial charge in [-0.15, -0.1) is 0 Å². The Morgan fingerprint density at radius 1 is 1.38 bits per heavy atom. The zero-order valence-corrected chi connectivity index (χ0v) is 13.8. The van der Waals surface area contributed by atoms with E-state index in [2.05, 4.69) is 15.3 Å². The third kappa shape index (κ3) is 4.00. The van der Waals surface area contributed by atoms with Crippen molar-refractivity contribution in [2.24, 2.45) is 5.92 Å². The number of piperidine rings is 1. The van der Waals surface area contributed by atoms with Gasteiger partial charge in [-0.1, -0.05) is 17.7 Å². The first kappa shape index (κ1) is 16.6. The topological polar surface area (TPSA) is 58.1 Å². The van der Waals surface area contributed by atoms with E-state index in [1.165, 1.54) is 12.3 Å². The third-order valence-electron chi connectivity index (χ3n) is 4.14. The maximum absolute atomic E-state index is 13.9. The number of pyridine rings is 2. The lowest BCUT2D eigenvalue weighted by atomic mass is 9.96. The average molecular weight is 349 g/mol. The van der Waals surface area contributed by atoms with Gasteiger partial charge in [-0.2, -0.15) is 0 Å². The molecule has 0 spiro atoms. The minimum Gasteiger partial charge on any atom is -0.354 e. The summed E-state index contributed by atoms with van der Waals surface area (Å²) in [5.74, 6) is -0.160. The van der Waals surface area contributed by atoms with E-state index in [1.54, 1.807) is 12.4 Å². The van der Waals surface area contributed by atoms with E-state index in [-0.39, 0.29) is 16.8 Å². The number of nitrogens with zero attached hydrogens (tertiary/aromatic N) is 3. The molecule has 1 saturated heterocycles. The molecule has 0 radical (unpaired) electrons. The summed E-state index contributed by atoms with van der Waals surface area (Å²) in [6.07, 6.45) is 6.21. The van der Waals surface area contributed by atoms with Crippen molar-refractivity contribution in [3.8, 4) is 0 Å². The highest BCUT2D eigenvalue weighted by atomic mass is 35.5. The molecule has 0 atom stereocenters. The Labute approximate surface area is 144 Å². The largest absolute Gasteiger partial charge is 0.354 e. The fourth-order valence-corrected chi connectivity index (χ4v) is 2.97. The van der Waals surface area contributed by atoms with Crippen molar-refractivity contribution in [1.29, 1.82) is 0 Å². The van der Waals surface area contributed by atoms with Gasteiger partial charge < -0.3 is 10.2 Å². The number of carbonyl (C=O) groups is 1. The van der Waals surface area contributed by atoms with E-state index in [1.807, 2.05) is 17.0 Å². The number of nitrogens with one attached hydrogen (secondary N) is 1. The maximum atomic E-state index is 13.9. The van der Waals surface area contributed by atoms with Crippen molar-refractivity contribution < 1.29 is 9.18 Å². The lowest BCUT2D eigenvalue weighted by molar-refractivity contribution is -0.125. The fourth-order valence-electron chi connectivity index (χ4n) is 2.83. The van der Waals surface area contributed by atoms with Crippen molar-refractivity contribution in [3.63, 3.8) is 0 Å². The molecule has 1 amide bonds. The predicted molar refractivity (Wildman–Crippen MR) is 90.2 cm³/mol. The van der Waals surface area contributed by atoms with Gasteiger partial charge >= 0.3 is 0 Å². The fraction of sp³-hybridized carbons (Fsp3) is 0.353. The second-order valence-electron chi connectivity index (χ2n) is 5.80. The van der Waals surface area contributed by atoms with E-state index in [0.29, 0.717) is 38.3 Å². The van der Waals surface area contributed by atoms with Crippen LogP contribution in [0.5, 0.6) is 0 Å². The van der Waals surface area contributed by atoms with E-state index in [4.69, 9.17) is 11.6 Å². The molecule has 2 aromatic heterocycles. The maximum Gasteiger partial charge on any atom is 0.223 e. The summed E-state index contributed by atoms with van der Waals surface area (Å²) in [6.45, 7) is 1.66. The molecule has 1 N–H and O–H groups in total. The van der Waals surface area contributed by atoms with Crippen LogP contribution in [0.4, 0.5) is 10.2 Å². The van der Waals surface area contributed by atoms with Crippen LogP contribution >= 0.6 is 11.6 Å². The molecule has 2 aromatic rings. The highest BCUT2D eigenvalue weighted by Crippen LogP contribution is 2.25. The van der Waals surface area contributed by atoms with Crippen LogP contribution in [0.2, 0.25) is 5.02 Å². The van der Waals surface area contributed by atoms with Crippen molar-refractivity contribution in [1.82, 2.24) is 15.3 Å². The van der Waals surface area contributed by atoms with Gasteiger partial charge in [0.05, 0.1) is 5.02 Å². The summed E-state index contributed by atoms with van der Waals surface area (Å²) in [4.78, 5) is 22.2. The first-order chi connectivity index (χ1) is 11.6. The Morgan fingerprint density at radius 2 is 2.17 bits per heavy atom. The molecular formula is C17H18ClFN4O. The van der Waals surface area contributed by atoms with Crippen LogP contribution in [0.15, 0.2) is 36.8 Å². The van der Waals surface area contributed by atoms with Gasteiger partial charge in [0.15, 0.2) is 11.6 Å². The average Bonchev–Trinajstić information content (AvgIpc) is 2.61. The van der Waals surface area contributed by atoms with Gasteiger partial charge in [-0.3, -0.25) is 9.78 Å². The van der Waals surface area contributed by atoms with Crippen LogP contribution in [-0.2, 0) is 11.3 Å². The van der Waals surface area contributed by atoms with E-state index in [9.17, 15) is 9.18 Å². The van der Waals surface area contributed by atoms with Crippen LogP contribution in [0.25, 0.3) is 0 Å². The summed E-state index contributed by atoms with van der Waals surface area (Å²) in [5, 5.41) is 3.22. The Bertz CT molecular complexity index is 705. The minimum absolute atomic E-state index is 0.0306. The van der Waals surface area contributed by atoms with Crippen molar-refractivity contribution >= 4 is 23.3 Å². The molecule has 0 aromatic carbocycles. The zero-order chi connectivity index (χ0) is 16.9. The first-order valence-corrected chi connectivity index (χ1v) is 8.24. The Hall–Kier alpha value is -2.21. The highest BCUT2D eigenvalue weighted by Gasteiger charge is 2.26. The molecular weight excluding hydrogens is 331 g/mol. The number of halogens is 2. The molecule has 1 aliphatic rings. The normalized spacial score (nSPS) is 15.3. The Balaban J connectivity index is 1.52. The van der Waals surface area contributed by atoms with Gasteiger partial charge in [-0.05, 0) is 30.5 Å². The number of carbonyl (C=O) groups excluding carboxylic acids is 1. The molecule has 0 aliphatic carbocycles. The summed E-state index contributed by atoms with van der Waals surface area (Å²) in [7, 11) is 0. The molecule has 7 heteroatoms. The highest BCUT2D eigenvalue weighted by molar-refractivity contribution is 6.30. The van der Waals surface area contributed by atoms with Crippen molar-refractivity contribution in [2.45, 2.75) is 19.4 Å². The molecule has 0 saturated carbocycles. The molecule has 0 unspecified atom stereocenters. The smallest absolute Gasteiger partial charge is 0.223 e. The molecule has 5 nitrogen and oxygen atoms in total. The Kier molecular flexibility index (Phi) is 5.25. The lowest BCUT2D eigenvalue weighted by Crippen LogP contribution is -2.41. The van der Waals surface area contributed by atoms with Crippen molar-refractivity contribution in [2.75, 3.05) is 18.0 Å². The van der Waals surface area contributed by atoms with E-state index in [0.717, 1.165) is 5.56 Å². The molecule has 126 valence electrons. The van der Waals surface area contributed by atoms with E-state index < -0.39 is 5.82 Å². The van der Waals surface area contributed by atoms with Gasteiger partial charge in [0.25, 0.3) is 0 Å². The summed E-state index contributed by atoms with van der Waals surface area (Å²) >= 11 is 5.73. The molecule has 3 rings (SSSR count). The summed E-state index contributed by atoms with van der Waals surface area (Å²) in [5.41, 5.74) is 0.968. The second kappa shape index (κ2) is 7.57. The number of aromatic nitrogens is 2. The lowest BCUT2D eigenvalue weighted by Gasteiger charge is -2.32. The Morgan fingerprint density at radius 3 is 2.83 bits per heavy atom. The van der Waals surface area contributed by atoms with Crippen LogP contribution in [0.3, 0.4) is 0 Å². The quantitative estimate of drug-likeness (QED) is 0.923. The van der Waals surface area contributed by atoms with Crippen LogP contribution in [0, 0.1) is 11.7 Å². The number of hydrogen-bond donors (Lipinski definition) is 1. The minimum atomic E-state index is -0.429. The molecule has 3 heterocycles. The SMILES string of the molecule is O=C(NCc1cccnc1)C1CCN(c2ncc(Cl)cc2F)CC1.